The first-order chi connectivity index (χ1) is 12.2. The molecule has 0 aliphatic heterocycles. The van der Waals surface area contributed by atoms with Crippen molar-refractivity contribution >= 4 is 10.8 Å². The maximum absolute atomic E-state index is 9.14. The molecule has 0 aliphatic rings. The molecule has 2 N–H and O–H groups in total. The van der Waals surface area contributed by atoms with Crippen molar-refractivity contribution in [3.8, 4) is 5.75 Å². The number of hydrogen-bond acceptors (Lipinski definition) is 4. The first-order valence-electron chi connectivity index (χ1n) is 8.54. The van der Waals surface area contributed by atoms with E-state index in [0.717, 1.165) is 23.7 Å². The molecule has 0 fully saturated rings. The Balaban J connectivity index is 1.80. The number of aliphatic hydroxyl groups is 1. The Morgan fingerprint density at radius 2 is 1.84 bits per heavy atom. The molecule has 0 unspecified atom stereocenters. The van der Waals surface area contributed by atoms with Gasteiger partial charge in [0.2, 0.25) is 0 Å². The number of hydrogen-bond donors (Lipinski definition) is 2. The number of ether oxygens (including phenoxy) is 1. The maximum atomic E-state index is 9.14. The predicted octanol–water partition coefficient (Wildman–Crippen LogP) is 2.94. The number of nitrogens with one attached hydrogen (secondary N) is 1. The molecular formula is C20H25N3O2. The highest BCUT2D eigenvalue weighted by atomic mass is 16.5. The molecule has 1 heterocycles. The summed E-state index contributed by atoms with van der Waals surface area (Å²) >= 11 is 0. The van der Waals surface area contributed by atoms with Crippen LogP contribution in [0.2, 0.25) is 0 Å². The van der Waals surface area contributed by atoms with Crippen molar-refractivity contribution in [1.29, 1.82) is 0 Å². The molecule has 0 spiro atoms. The Bertz CT molecular complexity index is 871. The lowest BCUT2D eigenvalue weighted by Gasteiger charge is -2.13. The van der Waals surface area contributed by atoms with Gasteiger partial charge in [0.05, 0.1) is 26.0 Å². The van der Waals surface area contributed by atoms with Gasteiger partial charge in [-0.2, -0.15) is 5.10 Å². The van der Waals surface area contributed by atoms with Crippen LogP contribution in [0.1, 0.15) is 22.5 Å². The van der Waals surface area contributed by atoms with Gasteiger partial charge >= 0.3 is 0 Å². The zero-order valence-corrected chi connectivity index (χ0v) is 15.0. The zero-order chi connectivity index (χ0) is 17.8. The van der Waals surface area contributed by atoms with Crippen LogP contribution in [0.4, 0.5) is 0 Å². The highest BCUT2D eigenvalue weighted by Gasteiger charge is 2.12. The third-order valence-electron chi connectivity index (χ3n) is 4.66. The molecule has 3 aromatic rings. The van der Waals surface area contributed by atoms with E-state index in [0.29, 0.717) is 13.1 Å². The fourth-order valence-corrected chi connectivity index (χ4v) is 3.30. The third-order valence-corrected chi connectivity index (χ3v) is 4.66. The standard InChI is InChI=1S/C20H25N3O2/c1-14-18(15(2)23(22-14)10-11-24)12-21-13-19-17-7-5-4-6-16(17)8-9-20(19)25-3/h4-9,21,24H,10-13H2,1-3H3. The van der Waals surface area contributed by atoms with Crippen molar-refractivity contribution in [2.75, 3.05) is 13.7 Å². The van der Waals surface area contributed by atoms with Crippen LogP contribution in [0.15, 0.2) is 36.4 Å². The first-order valence-corrected chi connectivity index (χ1v) is 8.54. The molecule has 0 amide bonds. The summed E-state index contributed by atoms with van der Waals surface area (Å²) in [5.74, 6) is 0.899. The van der Waals surface area contributed by atoms with Crippen molar-refractivity contribution in [2.24, 2.45) is 0 Å². The van der Waals surface area contributed by atoms with E-state index in [1.54, 1.807) is 7.11 Å². The van der Waals surface area contributed by atoms with Crippen LogP contribution in [0.3, 0.4) is 0 Å². The van der Waals surface area contributed by atoms with Crippen LogP contribution < -0.4 is 10.1 Å². The minimum atomic E-state index is 0.0992. The summed E-state index contributed by atoms with van der Waals surface area (Å²) in [6, 6.07) is 12.5. The number of rotatable bonds is 7. The van der Waals surface area contributed by atoms with Crippen LogP contribution in [-0.4, -0.2) is 28.6 Å². The molecule has 0 bridgehead atoms. The lowest BCUT2D eigenvalue weighted by molar-refractivity contribution is 0.267. The third kappa shape index (κ3) is 3.52. The fraction of sp³-hybridized carbons (Fsp3) is 0.350. The Hall–Kier alpha value is -2.37. The van der Waals surface area contributed by atoms with Crippen LogP contribution in [0, 0.1) is 13.8 Å². The summed E-state index contributed by atoms with van der Waals surface area (Å²) in [5.41, 5.74) is 4.46. The van der Waals surface area contributed by atoms with Gasteiger partial charge in [0, 0.05) is 29.9 Å². The van der Waals surface area contributed by atoms with Gasteiger partial charge in [-0.05, 0) is 30.7 Å². The highest BCUT2D eigenvalue weighted by Crippen LogP contribution is 2.28. The molecule has 0 radical (unpaired) electrons. The smallest absolute Gasteiger partial charge is 0.123 e. The van der Waals surface area contributed by atoms with E-state index >= 15 is 0 Å². The average Bonchev–Trinajstić information content (AvgIpc) is 2.89. The van der Waals surface area contributed by atoms with Crippen LogP contribution in [0.5, 0.6) is 5.75 Å². The van der Waals surface area contributed by atoms with Crippen LogP contribution in [-0.2, 0) is 19.6 Å². The quantitative estimate of drug-likeness (QED) is 0.695. The minimum Gasteiger partial charge on any atom is -0.496 e. The summed E-state index contributed by atoms with van der Waals surface area (Å²) in [6.07, 6.45) is 0. The Kier molecular flexibility index (Phi) is 5.36. The second-order valence-corrected chi connectivity index (χ2v) is 6.17. The van der Waals surface area contributed by atoms with Crippen molar-refractivity contribution in [2.45, 2.75) is 33.5 Å². The topological polar surface area (TPSA) is 59.3 Å². The zero-order valence-electron chi connectivity index (χ0n) is 15.0. The van der Waals surface area contributed by atoms with Gasteiger partial charge in [0.25, 0.3) is 0 Å². The monoisotopic (exact) mass is 339 g/mol. The van der Waals surface area contributed by atoms with E-state index in [1.165, 1.54) is 21.9 Å². The second kappa shape index (κ2) is 7.68. The summed E-state index contributed by atoms with van der Waals surface area (Å²) in [7, 11) is 1.71. The highest BCUT2D eigenvalue weighted by molar-refractivity contribution is 5.87. The molecule has 1 aromatic heterocycles. The number of aliphatic hydroxyl groups excluding tert-OH is 1. The fourth-order valence-electron chi connectivity index (χ4n) is 3.30. The lowest BCUT2D eigenvalue weighted by atomic mass is 10.0. The van der Waals surface area contributed by atoms with Gasteiger partial charge < -0.3 is 15.2 Å². The number of benzene rings is 2. The maximum Gasteiger partial charge on any atom is 0.123 e. The summed E-state index contributed by atoms with van der Waals surface area (Å²) in [5, 5.41) is 19.6. The normalized spacial score (nSPS) is 11.2. The predicted molar refractivity (Wildman–Crippen MR) is 99.8 cm³/mol. The van der Waals surface area contributed by atoms with Crippen molar-refractivity contribution in [1.82, 2.24) is 15.1 Å². The SMILES string of the molecule is COc1ccc2ccccc2c1CNCc1c(C)nn(CCO)c1C. The van der Waals surface area contributed by atoms with E-state index in [1.807, 2.05) is 30.7 Å². The molecule has 0 aliphatic carbocycles. The first kappa shape index (κ1) is 17.5. The molecule has 3 rings (SSSR count). The van der Waals surface area contributed by atoms with E-state index in [-0.39, 0.29) is 6.61 Å². The molecule has 132 valence electrons. The van der Waals surface area contributed by atoms with E-state index in [4.69, 9.17) is 9.84 Å². The summed E-state index contributed by atoms with van der Waals surface area (Å²) in [4.78, 5) is 0. The molecule has 0 atom stereocenters. The van der Waals surface area contributed by atoms with E-state index < -0.39 is 0 Å². The molecular weight excluding hydrogens is 314 g/mol. The summed E-state index contributed by atoms with van der Waals surface area (Å²) < 4.78 is 7.42. The molecule has 5 nitrogen and oxygen atoms in total. The van der Waals surface area contributed by atoms with E-state index in [9.17, 15) is 0 Å². The number of aryl methyl sites for hydroxylation is 1. The van der Waals surface area contributed by atoms with Crippen LogP contribution >= 0.6 is 0 Å². The minimum absolute atomic E-state index is 0.0992. The lowest BCUT2D eigenvalue weighted by Crippen LogP contribution is -2.15. The summed E-state index contributed by atoms with van der Waals surface area (Å²) in [6.45, 7) is 6.14. The van der Waals surface area contributed by atoms with Gasteiger partial charge in [0.15, 0.2) is 0 Å². The van der Waals surface area contributed by atoms with Gasteiger partial charge in [-0.3, -0.25) is 4.68 Å². The molecule has 5 heteroatoms. The Morgan fingerprint density at radius 3 is 2.60 bits per heavy atom. The second-order valence-electron chi connectivity index (χ2n) is 6.17. The number of methoxy groups -OCH3 is 1. The van der Waals surface area contributed by atoms with Gasteiger partial charge in [-0.1, -0.05) is 30.3 Å². The average molecular weight is 339 g/mol. The van der Waals surface area contributed by atoms with Crippen LogP contribution in [0.25, 0.3) is 10.8 Å². The largest absolute Gasteiger partial charge is 0.496 e. The number of fused-ring (bicyclic) bond motifs is 1. The van der Waals surface area contributed by atoms with E-state index in [2.05, 4.69) is 34.7 Å². The molecule has 0 saturated carbocycles. The Morgan fingerprint density at radius 1 is 1.08 bits per heavy atom. The molecule has 2 aromatic carbocycles. The van der Waals surface area contributed by atoms with Gasteiger partial charge in [-0.25, -0.2) is 0 Å². The van der Waals surface area contributed by atoms with Gasteiger partial charge in [0.1, 0.15) is 5.75 Å². The van der Waals surface area contributed by atoms with Crippen molar-refractivity contribution in [3.05, 3.63) is 58.9 Å². The van der Waals surface area contributed by atoms with Gasteiger partial charge in [-0.15, -0.1) is 0 Å². The van der Waals surface area contributed by atoms with Crippen molar-refractivity contribution < 1.29 is 9.84 Å². The number of aromatic nitrogens is 2. The number of nitrogens with zero attached hydrogens (tertiary/aromatic N) is 2. The Labute approximate surface area is 148 Å². The molecule has 0 saturated heterocycles. The molecule has 25 heavy (non-hydrogen) atoms. The van der Waals surface area contributed by atoms with Crippen molar-refractivity contribution in [3.63, 3.8) is 0 Å².